The maximum atomic E-state index is 12.5. The zero-order chi connectivity index (χ0) is 15.1. The molecule has 0 aliphatic carbocycles. The first-order valence-corrected chi connectivity index (χ1v) is 6.82. The molecule has 21 heavy (non-hydrogen) atoms. The highest BCUT2D eigenvalue weighted by Gasteiger charge is 2.41. The second kappa shape index (κ2) is 4.91. The van der Waals surface area contributed by atoms with E-state index in [1.807, 2.05) is 0 Å². The van der Waals surface area contributed by atoms with E-state index in [2.05, 4.69) is 0 Å². The minimum absolute atomic E-state index is 0.133. The van der Waals surface area contributed by atoms with E-state index in [1.54, 1.807) is 24.8 Å². The summed E-state index contributed by atoms with van der Waals surface area (Å²) < 4.78 is 10.1. The Morgan fingerprint density at radius 3 is 2.67 bits per heavy atom. The number of hydrogen-bond donors (Lipinski definition) is 0. The molecule has 1 aromatic rings. The van der Waals surface area contributed by atoms with Crippen LogP contribution < -0.4 is 0 Å². The fraction of sp³-hybridized carbons (Fsp3) is 0.500. The molecule has 2 fully saturated rings. The van der Waals surface area contributed by atoms with Gasteiger partial charge in [-0.05, 0) is 26.3 Å². The Morgan fingerprint density at radius 1 is 1.33 bits per heavy atom. The van der Waals surface area contributed by atoms with Crippen LogP contribution in [0.4, 0.5) is 4.79 Å². The second-order valence-corrected chi connectivity index (χ2v) is 5.34. The van der Waals surface area contributed by atoms with Crippen molar-refractivity contribution in [3.05, 3.63) is 23.2 Å². The molecule has 1 atom stereocenters. The lowest BCUT2D eigenvalue weighted by atomic mass is 10.2. The summed E-state index contributed by atoms with van der Waals surface area (Å²) >= 11 is 0. The number of furan rings is 1. The van der Waals surface area contributed by atoms with Gasteiger partial charge in [0, 0.05) is 13.1 Å². The molecule has 0 spiro atoms. The fourth-order valence-corrected chi connectivity index (χ4v) is 2.87. The van der Waals surface area contributed by atoms with Crippen molar-refractivity contribution in [3.8, 4) is 0 Å². The van der Waals surface area contributed by atoms with Crippen LogP contribution in [0.5, 0.6) is 0 Å². The lowest BCUT2D eigenvalue weighted by Crippen LogP contribution is -2.42. The maximum Gasteiger partial charge on any atom is 0.417 e. The lowest BCUT2D eigenvalue weighted by Gasteiger charge is -2.20. The third kappa shape index (κ3) is 2.28. The summed E-state index contributed by atoms with van der Waals surface area (Å²) in [4.78, 5) is 38.4. The predicted octanol–water partition coefficient (Wildman–Crippen LogP) is 1.09. The average molecular weight is 292 g/mol. The highest BCUT2D eigenvalue weighted by molar-refractivity contribution is 5.99. The molecular formula is C14H16N2O5. The molecule has 2 aliphatic rings. The molecule has 3 amide bonds. The van der Waals surface area contributed by atoms with Crippen LogP contribution in [0.1, 0.15) is 28.3 Å². The average Bonchev–Trinajstić information content (AvgIpc) is 3.10. The van der Waals surface area contributed by atoms with Crippen molar-refractivity contribution in [1.82, 2.24) is 9.80 Å². The van der Waals surface area contributed by atoms with Gasteiger partial charge in [0.05, 0.1) is 11.6 Å². The summed E-state index contributed by atoms with van der Waals surface area (Å²) in [5.74, 6) is 0.795. The number of imide groups is 1. The van der Waals surface area contributed by atoms with E-state index in [0.717, 1.165) is 4.90 Å². The van der Waals surface area contributed by atoms with Gasteiger partial charge in [0.1, 0.15) is 11.5 Å². The summed E-state index contributed by atoms with van der Waals surface area (Å²) in [5, 5.41) is 0. The number of ether oxygens (including phenoxy) is 1. The van der Waals surface area contributed by atoms with Crippen LogP contribution in [-0.4, -0.2) is 53.4 Å². The van der Waals surface area contributed by atoms with Crippen molar-refractivity contribution in [3.63, 3.8) is 0 Å². The van der Waals surface area contributed by atoms with Gasteiger partial charge in [-0.25, -0.2) is 9.69 Å². The molecule has 3 heterocycles. The predicted molar refractivity (Wildman–Crippen MR) is 70.7 cm³/mol. The Labute approximate surface area is 121 Å². The van der Waals surface area contributed by atoms with Crippen molar-refractivity contribution in [2.24, 2.45) is 0 Å². The van der Waals surface area contributed by atoms with Gasteiger partial charge in [0.25, 0.3) is 11.8 Å². The highest BCUT2D eigenvalue weighted by atomic mass is 16.6. The molecule has 1 aromatic heterocycles. The van der Waals surface area contributed by atoms with Crippen molar-refractivity contribution in [2.45, 2.75) is 26.3 Å². The number of aryl methyl sites for hydroxylation is 2. The summed E-state index contributed by atoms with van der Waals surface area (Å²) in [6.07, 6.45) is -0.0442. The van der Waals surface area contributed by atoms with E-state index in [4.69, 9.17) is 9.15 Å². The first-order chi connectivity index (χ1) is 9.97. The molecule has 3 rings (SSSR count). The van der Waals surface area contributed by atoms with Gasteiger partial charge in [0.15, 0.2) is 6.61 Å². The number of carbonyl (C=O) groups excluding carboxylic acids is 3. The first-order valence-electron chi connectivity index (χ1n) is 6.82. The molecular weight excluding hydrogens is 276 g/mol. The van der Waals surface area contributed by atoms with E-state index >= 15 is 0 Å². The number of carbonyl (C=O) groups is 3. The number of amides is 3. The van der Waals surface area contributed by atoms with Crippen LogP contribution in [0.2, 0.25) is 0 Å². The van der Waals surface area contributed by atoms with Gasteiger partial charge in [-0.2, -0.15) is 0 Å². The van der Waals surface area contributed by atoms with Crippen molar-refractivity contribution >= 4 is 17.9 Å². The molecule has 0 radical (unpaired) electrons. The van der Waals surface area contributed by atoms with Gasteiger partial charge >= 0.3 is 6.09 Å². The Balaban J connectivity index is 1.72. The number of rotatable bonds is 2. The van der Waals surface area contributed by atoms with Crippen LogP contribution in [0, 0.1) is 13.8 Å². The van der Waals surface area contributed by atoms with Crippen LogP contribution in [-0.2, 0) is 9.53 Å². The SMILES string of the molecule is Cc1cc(C(=O)N2CCC(N3C(=O)COC3=O)C2)c(C)o1. The largest absolute Gasteiger partial charge is 0.466 e. The topological polar surface area (TPSA) is 80.1 Å². The normalized spacial score (nSPS) is 22.1. The molecule has 0 N–H and O–H groups in total. The Kier molecular flexibility index (Phi) is 3.19. The van der Waals surface area contributed by atoms with Crippen molar-refractivity contribution in [2.75, 3.05) is 19.7 Å². The number of hydrogen-bond acceptors (Lipinski definition) is 5. The smallest absolute Gasteiger partial charge is 0.417 e. The molecule has 2 aliphatic heterocycles. The third-order valence-corrected chi connectivity index (χ3v) is 3.87. The Morgan fingerprint density at radius 2 is 2.10 bits per heavy atom. The van der Waals surface area contributed by atoms with E-state index in [0.29, 0.717) is 36.6 Å². The molecule has 0 aromatic carbocycles. The van der Waals surface area contributed by atoms with Crippen molar-refractivity contribution in [1.29, 1.82) is 0 Å². The molecule has 7 heteroatoms. The molecule has 0 saturated carbocycles. The molecule has 1 unspecified atom stereocenters. The second-order valence-electron chi connectivity index (χ2n) is 5.34. The van der Waals surface area contributed by atoms with E-state index < -0.39 is 6.09 Å². The molecule has 112 valence electrons. The molecule has 2 saturated heterocycles. The summed E-state index contributed by atoms with van der Waals surface area (Å²) in [7, 11) is 0. The van der Waals surface area contributed by atoms with Gasteiger partial charge in [-0.3, -0.25) is 9.59 Å². The lowest BCUT2D eigenvalue weighted by molar-refractivity contribution is -0.127. The minimum atomic E-state index is -0.616. The van der Waals surface area contributed by atoms with Crippen LogP contribution in [0.3, 0.4) is 0 Å². The van der Waals surface area contributed by atoms with Gasteiger partial charge in [0.2, 0.25) is 0 Å². The Bertz CT molecular complexity index is 605. The zero-order valence-electron chi connectivity index (χ0n) is 11.9. The number of likely N-dealkylation sites (tertiary alicyclic amines) is 1. The monoisotopic (exact) mass is 292 g/mol. The quantitative estimate of drug-likeness (QED) is 0.815. The molecule has 7 nitrogen and oxygen atoms in total. The maximum absolute atomic E-state index is 12.5. The fourth-order valence-electron chi connectivity index (χ4n) is 2.87. The van der Waals surface area contributed by atoms with Crippen LogP contribution in [0.25, 0.3) is 0 Å². The Hall–Kier alpha value is -2.31. The van der Waals surface area contributed by atoms with Crippen LogP contribution in [0.15, 0.2) is 10.5 Å². The van der Waals surface area contributed by atoms with Gasteiger partial charge in [-0.15, -0.1) is 0 Å². The standard InChI is InChI=1S/C14H16N2O5/c1-8-5-11(9(2)21-8)13(18)15-4-3-10(6-15)16-12(17)7-20-14(16)19/h5,10H,3-4,6-7H2,1-2H3. The highest BCUT2D eigenvalue weighted by Crippen LogP contribution is 2.23. The van der Waals surface area contributed by atoms with Gasteiger partial charge in [-0.1, -0.05) is 0 Å². The summed E-state index contributed by atoms with van der Waals surface area (Å²) in [6.45, 7) is 4.17. The molecule has 0 bridgehead atoms. The van der Waals surface area contributed by atoms with Gasteiger partial charge < -0.3 is 14.1 Å². The first kappa shape index (κ1) is 13.7. The van der Waals surface area contributed by atoms with E-state index in [9.17, 15) is 14.4 Å². The third-order valence-electron chi connectivity index (χ3n) is 3.87. The minimum Gasteiger partial charge on any atom is -0.466 e. The number of nitrogens with zero attached hydrogens (tertiary/aromatic N) is 2. The summed E-state index contributed by atoms with van der Waals surface area (Å²) in [6, 6.07) is 1.41. The number of cyclic esters (lactones) is 1. The van der Waals surface area contributed by atoms with E-state index in [-0.39, 0.29) is 24.5 Å². The summed E-state index contributed by atoms with van der Waals surface area (Å²) in [5.41, 5.74) is 0.531. The van der Waals surface area contributed by atoms with Crippen LogP contribution >= 0.6 is 0 Å². The van der Waals surface area contributed by atoms with Crippen molar-refractivity contribution < 1.29 is 23.5 Å². The zero-order valence-corrected chi connectivity index (χ0v) is 11.9. The van der Waals surface area contributed by atoms with E-state index in [1.165, 1.54) is 0 Å².